The summed E-state index contributed by atoms with van der Waals surface area (Å²) in [7, 11) is 0. The molecule has 0 aromatic heterocycles. The second-order valence-electron chi connectivity index (χ2n) is 3.72. The molecule has 0 aliphatic carbocycles. The van der Waals surface area contributed by atoms with Gasteiger partial charge < -0.3 is 26.3 Å². The highest BCUT2D eigenvalue weighted by Gasteiger charge is 2.04. The molecule has 0 fully saturated rings. The molecule has 0 heterocycles. The Morgan fingerprint density at radius 1 is 0.944 bits per heavy atom. The molecule has 0 radical (unpaired) electrons. The first kappa shape index (κ1) is 17.3. The number of hydrogen-bond acceptors (Lipinski definition) is 6. The Balaban J connectivity index is 3.65. The quantitative estimate of drug-likeness (QED) is 0.247. The average Bonchev–Trinajstić information content (AvgIpc) is 2.39. The van der Waals surface area contributed by atoms with E-state index in [2.05, 4.69) is 10.2 Å². The van der Waals surface area contributed by atoms with E-state index in [0.717, 1.165) is 19.6 Å². The molecule has 0 saturated heterocycles. The van der Waals surface area contributed by atoms with Crippen LogP contribution in [0.5, 0.6) is 0 Å². The lowest BCUT2D eigenvalue weighted by Crippen LogP contribution is -2.37. The van der Waals surface area contributed by atoms with Crippen molar-refractivity contribution in [3.05, 3.63) is 0 Å². The molecule has 18 heavy (non-hydrogen) atoms. The predicted molar refractivity (Wildman–Crippen MR) is 70.3 cm³/mol. The van der Waals surface area contributed by atoms with E-state index < -0.39 is 0 Å². The van der Waals surface area contributed by atoms with Gasteiger partial charge in [-0.05, 0) is 0 Å². The maximum Gasteiger partial charge on any atom is 0.207 e. The van der Waals surface area contributed by atoms with Gasteiger partial charge in [0.05, 0.1) is 26.4 Å². The fourth-order valence-electron chi connectivity index (χ4n) is 1.38. The van der Waals surface area contributed by atoms with Crippen LogP contribution in [0.2, 0.25) is 0 Å². The summed E-state index contributed by atoms with van der Waals surface area (Å²) in [6, 6.07) is 0. The number of nitrogens with zero attached hydrogens (tertiary/aromatic N) is 1. The van der Waals surface area contributed by atoms with Gasteiger partial charge in [0, 0.05) is 39.3 Å². The first-order chi connectivity index (χ1) is 8.85. The summed E-state index contributed by atoms with van der Waals surface area (Å²) in [6.45, 7) is 6.48. The van der Waals surface area contributed by atoms with E-state index in [-0.39, 0.29) is 0 Å². The summed E-state index contributed by atoms with van der Waals surface area (Å²) in [5.74, 6) is 0. The molecule has 1 amide bonds. The van der Waals surface area contributed by atoms with Crippen molar-refractivity contribution in [2.75, 3.05) is 65.7 Å². The van der Waals surface area contributed by atoms with Crippen LogP contribution in [0.1, 0.15) is 0 Å². The van der Waals surface area contributed by atoms with Gasteiger partial charge in [0.15, 0.2) is 0 Å². The zero-order chi connectivity index (χ0) is 13.5. The standard InChI is InChI=1S/C11H26N4O3/c12-1-7-17-9-5-15(4-3-14-11-16)6-10-18-8-2-13/h11H,1-10,12-13H2,(H,14,16). The zero-order valence-electron chi connectivity index (χ0n) is 11.0. The number of rotatable bonds is 14. The molecule has 0 unspecified atom stereocenters. The second-order valence-corrected chi connectivity index (χ2v) is 3.72. The number of ether oxygens (including phenoxy) is 2. The van der Waals surface area contributed by atoms with Crippen LogP contribution in [0, 0.1) is 0 Å². The zero-order valence-corrected chi connectivity index (χ0v) is 11.0. The van der Waals surface area contributed by atoms with Crippen molar-refractivity contribution in [2.45, 2.75) is 0 Å². The highest BCUT2D eigenvalue weighted by molar-refractivity contribution is 5.45. The monoisotopic (exact) mass is 262 g/mol. The molecule has 0 spiro atoms. The van der Waals surface area contributed by atoms with Gasteiger partial charge in [-0.3, -0.25) is 9.69 Å². The van der Waals surface area contributed by atoms with Gasteiger partial charge >= 0.3 is 0 Å². The molecule has 0 rings (SSSR count). The van der Waals surface area contributed by atoms with Crippen LogP contribution in [-0.4, -0.2) is 77.0 Å². The lowest BCUT2D eigenvalue weighted by atomic mass is 10.4. The fourth-order valence-corrected chi connectivity index (χ4v) is 1.38. The Labute approximate surface area is 109 Å². The number of nitrogens with two attached hydrogens (primary N) is 2. The van der Waals surface area contributed by atoms with E-state index in [9.17, 15) is 4.79 Å². The minimum absolute atomic E-state index is 0.534. The Bertz CT molecular complexity index is 172. The number of amides is 1. The van der Waals surface area contributed by atoms with E-state index in [4.69, 9.17) is 20.9 Å². The third-order valence-corrected chi connectivity index (χ3v) is 2.28. The van der Waals surface area contributed by atoms with Gasteiger partial charge in [-0.15, -0.1) is 0 Å². The number of carbonyl (C=O) groups excluding carboxylic acids is 1. The van der Waals surface area contributed by atoms with Crippen molar-refractivity contribution in [1.82, 2.24) is 10.2 Å². The molecule has 7 nitrogen and oxygen atoms in total. The molecule has 0 aliphatic heterocycles. The molecule has 0 aromatic carbocycles. The Hall–Kier alpha value is -0.730. The Morgan fingerprint density at radius 3 is 1.94 bits per heavy atom. The Morgan fingerprint density at radius 2 is 1.50 bits per heavy atom. The molecule has 5 N–H and O–H groups in total. The minimum atomic E-state index is 0.534. The molecular weight excluding hydrogens is 236 g/mol. The van der Waals surface area contributed by atoms with Crippen LogP contribution < -0.4 is 16.8 Å². The van der Waals surface area contributed by atoms with Gasteiger partial charge in [-0.1, -0.05) is 0 Å². The van der Waals surface area contributed by atoms with Gasteiger partial charge in [-0.25, -0.2) is 0 Å². The van der Waals surface area contributed by atoms with E-state index in [1.165, 1.54) is 0 Å². The minimum Gasteiger partial charge on any atom is -0.379 e. The maximum absolute atomic E-state index is 10.2. The van der Waals surface area contributed by atoms with Gasteiger partial charge in [-0.2, -0.15) is 0 Å². The van der Waals surface area contributed by atoms with Crippen LogP contribution in [0.15, 0.2) is 0 Å². The van der Waals surface area contributed by atoms with Crippen molar-refractivity contribution in [3.8, 4) is 0 Å². The fraction of sp³-hybridized carbons (Fsp3) is 0.909. The summed E-state index contributed by atoms with van der Waals surface area (Å²) < 4.78 is 10.7. The largest absolute Gasteiger partial charge is 0.379 e. The molecule has 0 aromatic rings. The predicted octanol–water partition coefficient (Wildman–Crippen LogP) is -2.01. The SMILES string of the molecule is NCCOCCN(CCNC=O)CCOCCN. The third kappa shape index (κ3) is 11.7. The van der Waals surface area contributed by atoms with Crippen LogP contribution in [0.4, 0.5) is 0 Å². The summed E-state index contributed by atoms with van der Waals surface area (Å²) >= 11 is 0. The topological polar surface area (TPSA) is 103 Å². The molecule has 0 atom stereocenters. The maximum atomic E-state index is 10.2. The van der Waals surface area contributed by atoms with Crippen LogP contribution in [0.25, 0.3) is 0 Å². The average molecular weight is 262 g/mol. The van der Waals surface area contributed by atoms with Crippen LogP contribution >= 0.6 is 0 Å². The van der Waals surface area contributed by atoms with Crippen molar-refractivity contribution in [3.63, 3.8) is 0 Å². The van der Waals surface area contributed by atoms with Crippen molar-refractivity contribution >= 4 is 6.41 Å². The third-order valence-electron chi connectivity index (χ3n) is 2.28. The highest BCUT2D eigenvalue weighted by atomic mass is 16.5. The van der Waals surface area contributed by atoms with E-state index in [1.54, 1.807) is 0 Å². The lowest BCUT2D eigenvalue weighted by Gasteiger charge is -2.21. The first-order valence-electron chi connectivity index (χ1n) is 6.30. The number of hydrogen-bond donors (Lipinski definition) is 3. The molecule has 0 bridgehead atoms. The Kier molecular flexibility index (Phi) is 13.8. The molecule has 0 saturated carbocycles. The number of nitrogens with one attached hydrogen (secondary N) is 1. The van der Waals surface area contributed by atoms with E-state index >= 15 is 0 Å². The van der Waals surface area contributed by atoms with E-state index in [0.29, 0.717) is 52.5 Å². The molecular formula is C11H26N4O3. The van der Waals surface area contributed by atoms with Crippen LogP contribution in [-0.2, 0) is 14.3 Å². The summed E-state index contributed by atoms with van der Waals surface area (Å²) in [5, 5.41) is 2.64. The van der Waals surface area contributed by atoms with Crippen molar-refractivity contribution in [2.24, 2.45) is 11.5 Å². The lowest BCUT2D eigenvalue weighted by molar-refractivity contribution is -0.109. The second kappa shape index (κ2) is 14.3. The first-order valence-corrected chi connectivity index (χ1v) is 6.30. The van der Waals surface area contributed by atoms with E-state index in [1.807, 2.05) is 0 Å². The summed E-state index contributed by atoms with van der Waals surface area (Å²) in [5.41, 5.74) is 10.7. The molecule has 7 heteroatoms. The van der Waals surface area contributed by atoms with Gasteiger partial charge in [0.1, 0.15) is 0 Å². The normalized spacial score (nSPS) is 10.8. The van der Waals surface area contributed by atoms with Crippen LogP contribution in [0.3, 0.4) is 0 Å². The highest BCUT2D eigenvalue weighted by Crippen LogP contribution is 1.89. The number of carbonyl (C=O) groups is 1. The molecule has 0 aliphatic rings. The van der Waals surface area contributed by atoms with Crippen molar-refractivity contribution in [1.29, 1.82) is 0 Å². The van der Waals surface area contributed by atoms with Gasteiger partial charge in [0.2, 0.25) is 6.41 Å². The smallest absolute Gasteiger partial charge is 0.207 e. The van der Waals surface area contributed by atoms with Gasteiger partial charge in [0.25, 0.3) is 0 Å². The van der Waals surface area contributed by atoms with Crippen molar-refractivity contribution < 1.29 is 14.3 Å². The summed E-state index contributed by atoms with van der Waals surface area (Å²) in [4.78, 5) is 12.3. The molecule has 108 valence electrons. The summed E-state index contributed by atoms with van der Waals surface area (Å²) in [6.07, 6.45) is 0.702.